The normalized spacial score (nSPS) is 17.4. The molecule has 0 radical (unpaired) electrons. The van der Waals surface area contributed by atoms with Gasteiger partial charge in [-0.15, -0.1) is 14.8 Å². The first-order valence-corrected chi connectivity index (χ1v) is 7.97. The predicted molar refractivity (Wildman–Crippen MR) is 83.9 cm³/mol. The van der Waals surface area contributed by atoms with Crippen molar-refractivity contribution >= 4 is 11.5 Å². The minimum atomic E-state index is 0.205. The Morgan fingerprint density at radius 3 is 2.91 bits per heavy atom. The van der Waals surface area contributed by atoms with Gasteiger partial charge >= 0.3 is 0 Å². The Hall–Kier alpha value is -2.48. The summed E-state index contributed by atoms with van der Waals surface area (Å²) in [5.41, 5.74) is 0.633. The van der Waals surface area contributed by atoms with Crippen molar-refractivity contribution in [3.63, 3.8) is 0 Å². The number of nitrogens with zero attached hydrogens (tertiary/aromatic N) is 6. The molecule has 4 heterocycles. The molecule has 1 atom stereocenters. The number of hydrogen-bond acceptors (Lipinski definition) is 7. The fourth-order valence-electron chi connectivity index (χ4n) is 3.07. The molecular formula is C15H19N7O. The Bertz CT molecular complexity index is 748. The molecule has 0 amide bonds. The Morgan fingerprint density at radius 1 is 1.17 bits per heavy atom. The third-order valence-electron chi connectivity index (χ3n) is 4.25. The van der Waals surface area contributed by atoms with E-state index in [1.807, 2.05) is 24.3 Å². The van der Waals surface area contributed by atoms with Crippen LogP contribution in [0, 0.1) is 0 Å². The molecule has 0 bridgehead atoms. The summed E-state index contributed by atoms with van der Waals surface area (Å²) in [6, 6.07) is 7.92. The molecule has 3 aromatic rings. The molecule has 1 aliphatic heterocycles. The van der Waals surface area contributed by atoms with Crippen molar-refractivity contribution in [2.45, 2.75) is 25.3 Å². The molecule has 23 heavy (non-hydrogen) atoms. The highest BCUT2D eigenvalue weighted by Gasteiger charge is 2.24. The van der Waals surface area contributed by atoms with Crippen LogP contribution in [0.4, 0.5) is 5.82 Å². The Morgan fingerprint density at radius 2 is 2.09 bits per heavy atom. The van der Waals surface area contributed by atoms with E-state index in [0.29, 0.717) is 5.65 Å². The Balaban J connectivity index is 1.50. The quantitative estimate of drug-likeness (QED) is 0.768. The zero-order chi connectivity index (χ0) is 15.5. The number of aromatic nitrogens is 5. The van der Waals surface area contributed by atoms with Gasteiger partial charge in [0.15, 0.2) is 5.65 Å². The van der Waals surface area contributed by atoms with E-state index in [-0.39, 0.29) is 6.04 Å². The monoisotopic (exact) mass is 313 g/mol. The summed E-state index contributed by atoms with van der Waals surface area (Å²) >= 11 is 0. The van der Waals surface area contributed by atoms with Crippen molar-refractivity contribution in [2.75, 3.05) is 25.0 Å². The van der Waals surface area contributed by atoms with Crippen LogP contribution in [-0.4, -0.2) is 49.8 Å². The smallest absolute Gasteiger partial charge is 0.200 e. The fourth-order valence-corrected chi connectivity index (χ4v) is 3.07. The number of furan rings is 1. The van der Waals surface area contributed by atoms with Crippen LogP contribution in [0.25, 0.3) is 5.65 Å². The van der Waals surface area contributed by atoms with Crippen LogP contribution in [0.2, 0.25) is 0 Å². The summed E-state index contributed by atoms with van der Waals surface area (Å²) < 4.78 is 7.08. The van der Waals surface area contributed by atoms with Gasteiger partial charge in [-0.05, 0) is 60.6 Å². The zero-order valence-corrected chi connectivity index (χ0v) is 12.8. The molecule has 3 aromatic heterocycles. The first-order valence-electron chi connectivity index (χ1n) is 7.97. The number of likely N-dealkylation sites (tertiary alicyclic amines) is 1. The molecule has 0 aliphatic carbocycles. The first kappa shape index (κ1) is 14.1. The average molecular weight is 313 g/mol. The van der Waals surface area contributed by atoms with E-state index >= 15 is 0 Å². The molecule has 1 N–H and O–H groups in total. The summed E-state index contributed by atoms with van der Waals surface area (Å²) in [5, 5.41) is 19.0. The minimum Gasteiger partial charge on any atom is -0.468 e. The van der Waals surface area contributed by atoms with Crippen LogP contribution in [0.1, 0.15) is 31.1 Å². The standard InChI is InChI=1S/C15H19N7O/c1-2-8-21(9-3-1)12(13-5-4-10-23-13)11-16-14-6-7-15-17-19-20-22(15)18-14/h4-7,10,12H,1-3,8-9,11H2,(H,16,18)/t12-/m0/s1. The number of tetrazole rings is 1. The van der Waals surface area contributed by atoms with Gasteiger partial charge in [-0.1, -0.05) is 6.42 Å². The van der Waals surface area contributed by atoms with Crippen molar-refractivity contribution < 1.29 is 4.42 Å². The van der Waals surface area contributed by atoms with Gasteiger partial charge in [-0.3, -0.25) is 4.90 Å². The van der Waals surface area contributed by atoms with Crippen LogP contribution >= 0.6 is 0 Å². The van der Waals surface area contributed by atoms with Gasteiger partial charge in [0.25, 0.3) is 0 Å². The second kappa shape index (κ2) is 6.33. The van der Waals surface area contributed by atoms with Crippen molar-refractivity contribution in [3.8, 4) is 0 Å². The highest BCUT2D eigenvalue weighted by atomic mass is 16.3. The van der Waals surface area contributed by atoms with Gasteiger partial charge in [0.1, 0.15) is 11.6 Å². The van der Waals surface area contributed by atoms with Crippen LogP contribution in [-0.2, 0) is 0 Å². The van der Waals surface area contributed by atoms with Crippen molar-refractivity contribution in [1.29, 1.82) is 0 Å². The maximum Gasteiger partial charge on any atom is 0.200 e. The van der Waals surface area contributed by atoms with E-state index in [4.69, 9.17) is 4.42 Å². The van der Waals surface area contributed by atoms with E-state index in [9.17, 15) is 0 Å². The fraction of sp³-hybridized carbons (Fsp3) is 0.467. The summed E-state index contributed by atoms with van der Waals surface area (Å²) in [4.78, 5) is 2.48. The minimum absolute atomic E-state index is 0.205. The lowest BCUT2D eigenvalue weighted by Crippen LogP contribution is -2.37. The molecule has 0 spiro atoms. The van der Waals surface area contributed by atoms with Gasteiger partial charge in [-0.25, -0.2) is 0 Å². The maximum absolute atomic E-state index is 5.66. The number of anilines is 1. The number of piperidine rings is 1. The molecule has 0 unspecified atom stereocenters. The third kappa shape index (κ3) is 3.02. The summed E-state index contributed by atoms with van der Waals surface area (Å²) in [7, 11) is 0. The lowest BCUT2D eigenvalue weighted by Gasteiger charge is -2.33. The van der Waals surface area contributed by atoms with Crippen LogP contribution < -0.4 is 5.32 Å². The van der Waals surface area contributed by atoms with E-state index in [1.165, 1.54) is 23.9 Å². The van der Waals surface area contributed by atoms with Gasteiger partial charge in [-0.2, -0.15) is 0 Å². The van der Waals surface area contributed by atoms with E-state index in [1.54, 1.807) is 6.26 Å². The second-order valence-corrected chi connectivity index (χ2v) is 5.75. The SMILES string of the molecule is c1coc([C@H](CNc2ccc3nnnn3n2)N2CCCCC2)c1. The molecule has 120 valence electrons. The maximum atomic E-state index is 5.66. The lowest BCUT2D eigenvalue weighted by atomic mass is 10.1. The van der Waals surface area contributed by atoms with Crippen LogP contribution in [0.15, 0.2) is 34.9 Å². The number of nitrogens with one attached hydrogen (secondary N) is 1. The zero-order valence-electron chi connectivity index (χ0n) is 12.8. The predicted octanol–water partition coefficient (Wildman–Crippen LogP) is 1.75. The van der Waals surface area contributed by atoms with E-state index in [0.717, 1.165) is 31.2 Å². The van der Waals surface area contributed by atoms with E-state index in [2.05, 4.69) is 30.8 Å². The van der Waals surface area contributed by atoms with Crippen molar-refractivity contribution in [2.24, 2.45) is 0 Å². The Labute approximate surface area is 133 Å². The third-order valence-corrected chi connectivity index (χ3v) is 4.25. The summed E-state index contributed by atoms with van der Waals surface area (Å²) in [5.74, 6) is 1.74. The topological polar surface area (TPSA) is 84.4 Å². The summed E-state index contributed by atoms with van der Waals surface area (Å²) in [6.07, 6.45) is 5.53. The molecule has 0 saturated carbocycles. The van der Waals surface area contributed by atoms with Gasteiger partial charge in [0, 0.05) is 6.54 Å². The average Bonchev–Trinajstić information content (AvgIpc) is 3.27. The molecular weight excluding hydrogens is 294 g/mol. The molecule has 1 fully saturated rings. The lowest BCUT2D eigenvalue weighted by molar-refractivity contribution is 0.152. The van der Waals surface area contributed by atoms with E-state index < -0.39 is 0 Å². The summed E-state index contributed by atoms with van der Waals surface area (Å²) in [6.45, 7) is 2.94. The van der Waals surface area contributed by atoms with Crippen molar-refractivity contribution in [1.82, 2.24) is 30.2 Å². The molecule has 1 saturated heterocycles. The second-order valence-electron chi connectivity index (χ2n) is 5.75. The molecule has 8 nitrogen and oxygen atoms in total. The van der Waals surface area contributed by atoms with Crippen LogP contribution in [0.5, 0.6) is 0 Å². The van der Waals surface area contributed by atoms with Gasteiger partial charge in [0.2, 0.25) is 0 Å². The number of rotatable bonds is 5. The largest absolute Gasteiger partial charge is 0.468 e. The number of fused-ring (bicyclic) bond motifs is 1. The molecule has 0 aromatic carbocycles. The van der Waals surface area contributed by atoms with Gasteiger partial charge < -0.3 is 9.73 Å². The highest BCUT2D eigenvalue weighted by molar-refractivity contribution is 5.42. The molecule has 8 heteroatoms. The van der Waals surface area contributed by atoms with Crippen molar-refractivity contribution in [3.05, 3.63) is 36.3 Å². The highest BCUT2D eigenvalue weighted by Crippen LogP contribution is 2.25. The van der Waals surface area contributed by atoms with Gasteiger partial charge in [0.05, 0.1) is 12.3 Å². The molecule has 4 rings (SSSR count). The Kier molecular flexibility index (Phi) is 3.89. The first-order chi connectivity index (χ1) is 11.4. The molecule has 1 aliphatic rings. The number of hydrogen-bond donors (Lipinski definition) is 1. The van der Waals surface area contributed by atoms with Crippen LogP contribution in [0.3, 0.4) is 0 Å².